The van der Waals surface area contributed by atoms with Crippen molar-refractivity contribution in [1.29, 1.82) is 0 Å². The van der Waals surface area contributed by atoms with Crippen LogP contribution in [0.1, 0.15) is 11.1 Å². The van der Waals surface area contributed by atoms with E-state index < -0.39 is 10.0 Å². The first kappa shape index (κ1) is 21.6. The summed E-state index contributed by atoms with van der Waals surface area (Å²) in [4.78, 5) is 12.3. The lowest BCUT2D eigenvalue weighted by molar-refractivity contribution is -0.118. The highest BCUT2D eigenvalue weighted by molar-refractivity contribution is 7.89. The van der Waals surface area contributed by atoms with Crippen LogP contribution in [0.2, 0.25) is 5.02 Å². The van der Waals surface area contributed by atoms with Crippen LogP contribution in [0.15, 0.2) is 41.3 Å². The zero-order valence-corrected chi connectivity index (χ0v) is 17.8. The molecule has 7 nitrogen and oxygen atoms in total. The van der Waals surface area contributed by atoms with Gasteiger partial charge in [-0.25, -0.2) is 8.42 Å². The first-order chi connectivity index (χ1) is 13.8. The minimum absolute atomic E-state index is 0.172. The van der Waals surface area contributed by atoms with Crippen molar-refractivity contribution in [2.45, 2.75) is 18.7 Å². The molecule has 2 aromatic carbocycles. The van der Waals surface area contributed by atoms with Crippen molar-refractivity contribution >= 4 is 33.2 Å². The zero-order chi connectivity index (χ0) is 21.0. The molecule has 156 valence electrons. The standard InChI is InChI=1S/C20H23ClN2O5S/c1-14-11-17(12-15(2)20(14)21)28-13-19(24)22-16-3-5-18(6-4-16)29(25,26)23-7-9-27-10-8-23/h3-6,11-12H,7-10,13H2,1-2H3,(H,22,24). The van der Waals surface area contributed by atoms with E-state index in [0.29, 0.717) is 42.8 Å². The van der Waals surface area contributed by atoms with E-state index in [4.69, 9.17) is 21.1 Å². The average molecular weight is 439 g/mol. The fourth-order valence-corrected chi connectivity index (χ4v) is 4.50. The number of amides is 1. The van der Waals surface area contributed by atoms with Gasteiger partial charge in [-0.05, 0) is 61.4 Å². The quantitative estimate of drug-likeness (QED) is 0.749. The van der Waals surface area contributed by atoms with Gasteiger partial charge in [-0.15, -0.1) is 0 Å². The van der Waals surface area contributed by atoms with Gasteiger partial charge in [-0.2, -0.15) is 4.31 Å². The van der Waals surface area contributed by atoms with E-state index in [1.807, 2.05) is 13.8 Å². The van der Waals surface area contributed by atoms with E-state index >= 15 is 0 Å². The van der Waals surface area contributed by atoms with E-state index in [1.54, 1.807) is 24.3 Å². The monoisotopic (exact) mass is 438 g/mol. The number of hydrogen-bond donors (Lipinski definition) is 1. The Balaban J connectivity index is 1.58. The fraction of sp³-hybridized carbons (Fsp3) is 0.350. The highest BCUT2D eigenvalue weighted by Gasteiger charge is 2.26. The molecule has 2 aromatic rings. The van der Waals surface area contributed by atoms with Gasteiger partial charge < -0.3 is 14.8 Å². The molecule has 29 heavy (non-hydrogen) atoms. The maximum absolute atomic E-state index is 12.6. The molecule has 1 saturated heterocycles. The molecule has 3 rings (SSSR count). The van der Waals surface area contributed by atoms with Crippen LogP contribution in [0.5, 0.6) is 5.75 Å². The number of sulfonamides is 1. The maximum atomic E-state index is 12.6. The van der Waals surface area contributed by atoms with Crippen LogP contribution in [0, 0.1) is 13.8 Å². The molecule has 0 saturated carbocycles. The summed E-state index contributed by atoms with van der Waals surface area (Å²) in [5.74, 6) is 0.213. The normalized spacial score (nSPS) is 15.1. The second kappa shape index (κ2) is 9.13. The Hall–Kier alpha value is -2.13. The molecule has 9 heteroatoms. The summed E-state index contributed by atoms with van der Waals surface area (Å²) in [6.07, 6.45) is 0. The molecule has 1 heterocycles. The van der Waals surface area contributed by atoms with E-state index in [-0.39, 0.29) is 17.4 Å². The predicted octanol–water partition coefficient (Wildman–Crippen LogP) is 3.00. The number of nitrogens with zero attached hydrogens (tertiary/aromatic N) is 1. The summed E-state index contributed by atoms with van der Waals surface area (Å²) in [7, 11) is -3.56. The smallest absolute Gasteiger partial charge is 0.262 e. The van der Waals surface area contributed by atoms with Crippen LogP contribution in [0.25, 0.3) is 0 Å². The number of aryl methyl sites for hydroxylation is 2. The second-order valence-electron chi connectivity index (χ2n) is 6.75. The number of anilines is 1. The molecule has 0 aromatic heterocycles. The Labute approximate surface area is 175 Å². The molecule has 0 atom stereocenters. The third-order valence-corrected chi connectivity index (χ3v) is 7.03. The van der Waals surface area contributed by atoms with Gasteiger partial charge in [0.05, 0.1) is 18.1 Å². The average Bonchev–Trinajstić information content (AvgIpc) is 2.71. The largest absolute Gasteiger partial charge is 0.484 e. The molecule has 1 fully saturated rings. The molecule has 0 unspecified atom stereocenters. The molecule has 0 aliphatic carbocycles. The number of ether oxygens (including phenoxy) is 2. The van der Waals surface area contributed by atoms with E-state index in [9.17, 15) is 13.2 Å². The molecule has 1 aliphatic heterocycles. The number of benzene rings is 2. The molecular weight excluding hydrogens is 416 g/mol. The number of carbonyl (C=O) groups excluding carboxylic acids is 1. The minimum atomic E-state index is -3.56. The highest BCUT2D eigenvalue weighted by Crippen LogP contribution is 2.26. The van der Waals surface area contributed by atoms with Gasteiger partial charge in [0, 0.05) is 23.8 Å². The Morgan fingerprint density at radius 1 is 1.14 bits per heavy atom. The van der Waals surface area contributed by atoms with Crippen LogP contribution in [-0.2, 0) is 19.6 Å². The van der Waals surface area contributed by atoms with Crippen molar-refractivity contribution in [3.8, 4) is 5.75 Å². The first-order valence-electron chi connectivity index (χ1n) is 9.15. The van der Waals surface area contributed by atoms with Crippen molar-refractivity contribution < 1.29 is 22.7 Å². The molecule has 0 spiro atoms. The van der Waals surface area contributed by atoms with Gasteiger partial charge in [0.25, 0.3) is 5.91 Å². The van der Waals surface area contributed by atoms with Crippen molar-refractivity contribution in [3.05, 3.63) is 52.5 Å². The second-order valence-corrected chi connectivity index (χ2v) is 9.06. The van der Waals surface area contributed by atoms with Crippen molar-refractivity contribution in [3.63, 3.8) is 0 Å². The number of carbonyl (C=O) groups is 1. The van der Waals surface area contributed by atoms with Crippen LogP contribution in [0.4, 0.5) is 5.69 Å². The summed E-state index contributed by atoms with van der Waals surface area (Å²) in [6, 6.07) is 9.62. The van der Waals surface area contributed by atoms with E-state index in [2.05, 4.69) is 5.32 Å². The Kier molecular flexibility index (Phi) is 6.79. The third kappa shape index (κ3) is 5.27. The van der Waals surface area contributed by atoms with Crippen LogP contribution in [0.3, 0.4) is 0 Å². The number of morpholine rings is 1. The Morgan fingerprint density at radius 2 is 1.72 bits per heavy atom. The number of rotatable bonds is 6. The molecule has 1 aliphatic rings. The van der Waals surface area contributed by atoms with Gasteiger partial charge in [0.1, 0.15) is 5.75 Å². The predicted molar refractivity (Wildman–Crippen MR) is 111 cm³/mol. The lowest BCUT2D eigenvalue weighted by atomic mass is 10.1. The summed E-state index contributed by atoms with van der Waals surface area (Å²) >= 11 is 6.13. The van der Waals surface area contributed by atoms with Gasteiger partial charge in [0.2, 0.25) is 10.0 Å². The summed E-state index contributed by atoms with van der Waals surface area (Å²) < 4.78 is 37.3. The maximum Gasteiger partial charge on any atom is 0.262 e. The lowest BCUT2D eigenvalue weighted by Gasteiger charge is -2.26. The Morgan fingerprint density at radius 3 is 2.31 bits per heavy atom. The lowest BCUT2D eigenvalue weighted by Crippen LogP contribution is -2.40. The summed E-state index contributed by atoms with van der Waals surface area (Å²) in [5, 5.41) is 3.37. The molecule has 0 bridgehead atoms. The first-order valence-corrected chi connectivity index (χ1v) is 11.0. The van der Waals surface area contributed by atoms with Crippen LogP contribution >= 0.6 is 11.6 Å². The number of nitrogens with one attached hydrogen (secondary N) is 1. The number of hydrogen-bond acceptors (Lipinski definition) is 5. The summed E-state index contributed by atoms with van der Waals surface area (Å²) in [6.45, 7) is 5.02. The Bertz CT molecular complexity index is 963. The third-order valence-electron chi connectivity index (χ3n) is 4.53. The fourth-order valence-electron chi connectivity index (χ4n) is 2.98. The van der Waals surface area contributed by atoms with E-state index in [1.165, 1.54) is 16.4 Å². The van der Waals surface area contributed by atoms with Crippen molar-refractivity contribution in [1.82, 2.24) is 4.31 Å². The summed E-state index contributed by atoms with van der Waals surface area (Å²) in [5.41, 5.74) is 2.24. The van der Waals surface area contributed by atoms with Gasteiger partial charge in [-0.1, -0.05) is 11.6 Å². The highest BCUT2D eigenvalue weighted by atomic mass is 35.5. The zero-order valence-electron chi connectivity index (χ0n) is 16.3. The number of halogens is 1. The minimum Gasteiger partial charge on any atom is -0.484 e. The van der Waals surface area contributed by atoms with Gasteiger partial charge >= 0.3 is 0 Å². The molecule has 1 amide bonds. The SMILES string of the molecule is Cc1cc(OCC(=O)Nc2ccc(S(=O)(=O)N3CCOCC3)cc2)cc(C)c1Cl. The van der Waals surface area contributed by atoms with Crippen molar-refractivity contribution in [2.24, 2.45) is 0 Å². The van der Waals surface area contributed by atoms with Crippen LogP contribution < -0.4 is 10.1 Å². The van der Waals surface area contributed by atoms with Crippen molar-refractivity contribution in [2.75, 3.05) is 38.2 Å². The molecular formula is C20H23ClN2O5S. The van der Waals surface area contributed by atoms with Gasteiger partial charge in [-0.3, -0.25) is 4.79 Å². The topological polar surface area (TPSA) is 84.9 Å². The molecule has 1 N–H and O–H groups in total. The van der Waals surface area contributed by atoms with E-state index in [0.717, 1.165) is 11.1 Å². The van der Waals surface area contributed by atoms with Crippen LogP contribution in [-0.4, -0.2) is 51.5 Å². The van der Waals surface area contributed by atoms with Gasteiger partial charge in [0.15, 0.2) is 6.61 Å². The molecule has 0 radical (unpaired) electrons.